The first-order valence-electron chi connectivity index (χ1n) is 1.64. The fourth-order valence-corrected chi connectivity index (χ4v) is 0.112. The van der Waals surface area contributed by atoms with Gasteiger partial charge in [-0.1, -0.05) is 5.92 Å². The summed E-state index contributed by atoms with van der Waals surface area (Å²) in [5, 5.41) is 15.7. The molecule has 7 heavy (non-hydrogen) atoms. The first kappa shape index (κ1) is 10.9. The van der Waals surface area contributed by atoms with E-state index in [-0.39, 0.29) is 58.0 Å². The number of aliphatic hydroxyl groups excluding tert-OH is 2. The fraction of sp³-hybridized carbons (Fsp3) is 0.500. The van der Waals surface area contributed by atoms with E-state index >= 15 is 0 Å². The van der Waals surface area contributed by atoms with Crippen molar-refractivity contribution in [3.8, 4) is 12.0 Å². The Labute approximate surface area is 85.3 Å². The van der Waals surface area contributed by atoms with Crippen LogP contribution in [0, 0.1) is 12.0 Å². The van der Waals surface area contributed by atoms with Gasteiger partial charge in [0, 0.05) is 57.8 Å². The average Bonchev–Trinajstić information content (AvgIpc) is 1.61. The number of rotatable bonds is 1. The molecule has 0 spiro atoms. The Morgan fingerprint density at radius 3 is 2.14 bits per heavy atom. The van der Waals surface area contributed by atoms with Gasteiger partial charge in [0.05, 0.1) is 6.61 Å². The van der Waals surface area contributed by atoms with E-state index in [1.807, 2.05) is 0 Å². The molecule has 0 atom stereocenters. The molecule has 1 radical (unpaired) electrons. The third-order valence-electron chi connectivity index (χ3n) is 0.316. The molecule has 0 bridgehead atoms. The molecule has 0 aromatic rings. The molecule has 2 nitrogen and oxygen atoms in total. The predicted octanol–water partition coefficient (Wildman–Crippen LogP) is -0.679. The van der Waals surface area contributed by atoms with Crippen LogP contribution in [0.5, 0.6) is 0 Å². The summed E-state index contributed by atoms with van der Waals surface area (Å²) < 4.78 is 0. The summed E-state index contributed by atoms with van der Waals surface area (Å²) >= 11 is 0. The minimum Gasteiger partial charge on any atom is -0.462 e. The molecule has 35 valence electrons. The van der Waals surface area contributed by atoms with Crippen molar-refractivity contribution in [1.29, 1.82) is 0 Å². The van der Waals surface area contributed by atoms with E-state index in [2.05, 4.69) is 5.92 Å². The van der Waals surface area contributed by atoms with Gasteiger partial charge in [-0.2, -0.15) is 0 Å². The van der Waals surface area contributed by atoms with E-state index < -0.39 is 0 Å². The maximum Gasteiger partial charge on any atom is 0.107 e. The van der Waals surface area contributed by atoms with Crippen molar-refractivity contribution >= 4 is 51.4 Å². The molecular weight excluding hydrogens is 119 g/mol. The molecular formula is C4H6KO2. The fourth-order valence-electron chi connectivity index (χ4n) is 0.112. The van der Waals surface area contributed by atoms with Crippen molar-refractivity contribution in [2.24, 2.45) is 0 Å². The zero-order valence-electron chi connectivity index (χ0n) is 4.31. The summed E-state index contributed by atoms with van der Waals surface area (Å²) in [6.45, 7) is 0.0214. The van der Waals surface area contributed by atoms with Crippen molar-refractivity contribution in [3.63, 3.8) is 0 Å². The molecule has 0 aliphatic rings. The van der Waals surface area contributed by atoms with Crippen LogP contribution in [0.25, 0.3) is 0 Å². The van der Waals surface area contributed by atoms with Crippen LogP contribution in [0.2, 0.25) is 0 Å². The van der Waals surface area contributed by atoms with Gasteiger partial charge in [0.2, 0.25) is 0 Å². The Morgan fingerprint density at radius 1 is 1.43 bits per heavy atom. The molecule has 2 N–H and O–H groups in total. The Bertz CT molecular complexity index is 71.5. The summed E-state index contributed by atoms with van der Waals surface area (Å²) in [4.78, 5) is 0. The van der Waals surface area contributed by atoms with Gasteiger partial charge in [0.15, 0.2) is 0 Å². The molecule has 0 saturated carbocycles. The molecule has 0 aromatic heterocycles. The Kier molecular flexibility index (Phi) is 15.6. The van der Waals surface area contributed by atoms with Crippen LogP contribution in [-0.4, -0.2) is 68.2 Å². The molecule has 0 aliphatic carbocycles. The molecule has 0 unspecified atom stereocenters. The second-order valence-corrected chi connectivity index (χ2v) is 0.762. The third-order valence-corrected chi connectivity index (χ3v) is 0.316. The molecule has 0 rings (SSSR count). The van der Waals surface area contributed by atoms with Crippen molar-refractivity contribution < 1.29 is 10.2 Å². The Hall–Kier alpha value is 0.956. The molecule has 0 amide bonds. The van der Waals surface area contributed by atoms with Crippen LogP contribution >= 0.6 is 0 Å². The van der Waals surface area contributed by atoms with Crippen molar-refractivity contribution in [1.82, 2.24) is 0 Å². The summed E-state index contributed by atoms with van der Waals surface area (Å²) in [6, 6.07) is 0. The molecule has 0 saturated heterocycles. The SMILES string of the molecule is OC#CCCO.[K]. The van der Waals surface area contributed by atoms with Crippen molar-refractivity contribution in [2.75, 3.05) is 6.61 Å². The first-order chi connectivity index (χ1) is 2.91. The third kappa shape index (κ3) is 10.9. The van der Waals surface area contributed by atoms with E-state index in [1.54, 1.807) is 6.11 Å². The van der Waals surface area contributed by atoms with Gasteiger partial charge in [0.25, 0.3) is 0 Å². The number of aliphatic hydroxyl groups is 2. The summed E-state index contributed by atoms with van der Waals surface area (Å²) in [7, 11) is 0. The summed E-state index contributed by atoms with van der Waals surface area (Å²) in [5.74, 6) is 2.25. The summed E-state index contributed by atoms with van der Waals surface area (Å²) in [6.07, 6.45) is 2.02. The van der Waals surface area contributed by atoms with Crippen LogP contribution in [0.15, 0.2) is 0 Å². The van der Waals surface area contributed by atoms with Crippen LogP contribution in [0.3, 0.4) is 0 Å². The molecule has 0 fully saturated rings. The maximum absolute atomic E-state index is 7.98. The van der Waals surface area contributed by atoms with Gasteiger partial charge < -0.3 is 10.2 Å². The quantitative estimate of drug-likeness (QED) is 0.360. The standard InChI is InChI=1S/C4H6O2.K/c5-3-1-2-4-6;/h5-6H,1,3H2;. The second kappa shape index (κ2) is 10.0. The topological polar surface area (TPSA) is 40.5 Å². The molecule has 0 aliphatic heterocycles. The molecule has 0 heterocycles. The van der Waals surface area contributed by atoms with Gasteiger partial charge in [-0.3, -0.25) is 0 Å². The molecule has 3 heteroatoms. The Balaban J connectivity index is 0. The smallest absolute Gasteiger partial charge is 0.107 e. The second-order valence-electron chi connectivity index (χ2n) is 0.762. The van der Waals surface area contributed by atoms with Crippen LogP contribution in [0.1, 0.15) is 6.42 Å². The van der Waals surface area contributed by atoms with Crippen molar-refractivity contribution in [2.45, 2.75) is 6.42 Å². The van der Waals surface area contributed by atoms with Gasteiger partial charge in [-0.15, -0.1) is 0 Å². The van der Waals surface area contributed by atoms with Gasteiger partial charge in [-0.05, 0) is 0 Å². The molecule has 0 aromatic carbocycles. The summed E-state index contributed by atoms with van der Waals surface area (Å²) in [5.41, 5.74) is 0. The van der Waals surface area contributed by atoms with E-state index in [0.29, 0.717) is 6.42 Å². The zero-order chi connectivity index (χ0) is 4.83. The zero-order valence-corrected chi connectivity index (χ0v) is 7.43. The average molecular weight is 125 g/mol. The van der Waals surface area contributed by atoms with E-state index in [9.17, 15) is 0 Å². The van der Waals surface area contributed by atoms with Gasteiger partial charge in [-0.25, -0.2) is 0 Å². The first-order valence-corrected chi connectivity index (χ1v) is 1.64. The monoisotopic (exact) mass is 125 g/mol. The Morgan fingerprint density at radius 2 is 2.00 bits per heavy atom. The minimum absolute atomic E-state index is 0. The largest absolute Gasteiger partial charge is 0.462 e. The number of hydrogen-bond acceptors (Lipinski definition) is 2. The minimum atomic E-state index is 0. The van der Waals surface area contributed by atoms with E-state index in [0.717, 1.165) is 0 Å². The van der Waals surface area contributed by atoms with Gasteiger partial charge >= 0.3 is 0 Å². The van der Waals surface area contributed by atoms with Gasteiger partial charge in [0.1, 0.15) is 6.11 Å². The van der Waals surface area contributed by atoms with Crippen LogP contribution in [-0.2, 0) is 0 Å². The van der Waals surface area contributed by atoms with Crippen LogP contribution < -0.4 is 0 Å². The van der Waals surface area contributed by atoms with E-state index in [1.165, 1.54) is 0 Å². The normalized spacial score (nSPS) is 5.29. The van der Waals surface area contributed by atoms with Crippen molar-refractivity contribution in [3.05, 3.63) is 0 Å². The van der Waals surface area contributed by atoms with E-state index in [4.69, 9.17) is 10.2 Å². The van der Waals surface area contributed by atoms with Crippen LogP contribution in [0.4, 0.5) is 0 Å². The number of hydrogen-bond donors (Lipinski definition) is 2. The predicted molar refractivity (Wildman–Crippen MR) is 27.2 cm³/mol. The maximum atomic E-state index is 7.98.